The molecule has 0 amide bonds. The fourth-order valence-electron chi connectivity index (χ4n) is 1.30. The topological polar surface area (TPSA) is 23.8 Å². The molecule has 0 aliphatic carbocycles. The molecule has 0 N–H and O–H groups in total. The molecular weight excluding hydrogens is 238 g/mol. The summed E-state index contributed by atoms with van der Waals surface area (Å²) in [5.41, 5.74) is 1.94. The van der Waals surface area contributed by atoms with Crippen molar-refractivity contribution < 1.29 is 0 Å². The number of halogens is 1. The third kappa shape index (κ3) is 2.16. The minimum Gasteiger partial charge on any atom is -0.197 e. The van der Waals surface area contributed by atoms with Crippen molar-refractivity contribution in [2.45, 2.75) is 32.6 Å². The molecule has 0 heterocycles. The predicted octanol–water partition coefficient (Wildman–Crippen LogP) is 3.81. The van der Waals surface area contributed by atoms with E-state index < -0.39 is 5.41 Å². The lowest BCUT2D eigenvalue weighted by Crippen LogP contribution is -2.14. The van der Waals surface area contributed by atoms with E-state index in [4.69, 9.17) is 5.26 Å². The van der Waals surface area contributed by atoms with E-state index in [2.05, 4.69) is 35.0 Å². The Hall–Kier alpha value is -0.810. The molecule has 2 heteroatoms. The molecule has 0 aliphatic rings. The van der Waals surface area contributed by atoms with Crippen molar-refractivity contribution >= 4 is 15.9 Å². The Morgan fingerprint density at radius 1 is 1.43 bits per heavy atom. The summed E-state index contributed by atoms with van der Waals surface area (Å²) in [5.74, 6) is 0. The zero-order valence-corrected chi connectivity index (χ0v) is 10.4. The van der Waals surface area contributed by atoms with Crippen LogP contribution < -0.4 is 0 Å². The fourth-order valence-corrected chi connectivity index (χ4v) is 1.83. The van der Waals surface area contributed by atoms with E-state index in [9.17, 15) is 0 Å². The summed E-state index contributed by atoms with van der Waals surface area (Å²) in [7, 11) is 0. The van der Waals surface area contributed by atoms with E-state index in [1.54, 1.807) is 0 Å². The molecule has 0 aliphatic heterocycles. The average molecular weight is 252 g/mol. The Kier molecular flexibility index (Phi) is 3.34. The van der Waals surface area contributed by atoms with Crippen LogP contribution in [0.2, 0.25) is 0 Å². The first-order valence-corrected chi connectivity index (χ1v) is 5.50. The van der Waals surface area contributed by atoms with Crippen LogP contribution in [0.5, 0.6) is 0 Å². The highest BCUT2D eigenvalue weighted by atomic mass is 79.9. The van der Waals surface area contributed by atoms with Crippen molar-refractivity contribution in [2.24, 2.45) is 0 Å². The highest BCUT2D eigenvalue weighted by Crippen LogP contribution is 2.27. The summed E-state index contributed by atoms with van der Waals surface area (Å²) in [6.07, 6.45) is 0.982. The van der Waals surface area contributed by atoms with Gasteiger partial charge in [-0.15, -0.1) is 0 Å². The Bertz CT molecular complexity index is 374. The summed E-state index contributed by atoms with van der Waals surface area (Å²) in [6, 6.07) is 8.45. The molecule has 1 rings (SSSR count). The van der Waals surface area contributed by atoms with Gasteiger partial charge in [-0.1, -0.05) is 35.0 Å². The monoisotopic (exact) mass is 251 g/mol. The minimum atomic E-state index is -0.398. The summed E-state index contributed by atoms with van der Waals surface area (Å²) < 4.78 is 1.12. The van der Waals surface area contributed by atoms with Crippen molar-refractivity contribution in [1.82, 2.24) is 0 Å². The van der Waals surface area contributed by atoms with Crippen LogP contribution in [0.25, 0.3) is 0 Å². The molecule has 0 bridgehead atoms. The minimum absolute atomic E-state index is 0.398. The molecule has 0 saturated heterocycles. The third-order valence-electron chi connectivity index (χ3n) is 2.43. The second-order valence-electron chi connectivity index (χ2n) is 3.90. The first-order chi connectivity index (χ1) is 6.51. The standard InChI is InChI=1S/C12H14BrN/c1-4-9-7-10(5-6-11(9)13)12(2,3)8-14/h5-7H,4H2,1-3H3. The van der Waals surface area contributed by atoms with Gasteiger partial charge in [-0.25, -0.2) is 0 Å². The largest absolute Gasteiger partial charge is 0.197 e. The summed E-state index contributed by atoms with van der Waals surface area (Å²) in [6.45, 7) is 5.99. The highest BCUT2D eigenvalue weighted by molar-refractivity contribution is 9.10. The van der Waals surface area contributed by atoms with E-state index in [1.165, 1.54) is 5.56 Å². The lowest BCUT2D eigenvalue weighted by atomic mass is 9.85. The van der Waals surface area contributed by atoms with Crippen LogP contribution >= 0.6 is 15.9 Å². The lowest BCUT2D eigenvalue weighted by molar-refractivity contribution is 0.685. The van der Waals surface area contributed by atoms with Gasteiger partial charge in [0.25, 0.3) is 0 Å². The van der Waals surface area contributed by atoms with E-state index in [0.717, 1.165) is 16.5 Å². The van der Waals surface area contributed by atoms with Gasteiger partial charge >= 0.3 is 0 Å². The Labute approximate surface area is 93.9 Å². The van der Waals surface area contributed by atoms with E-state index in [0.29, 0.717) is 0 Å². The van der Waals surface area contributed by atoms with Gasteiger partial charge in [0.15, 0.2) is 0 Å². The maximum absolute atomic E-state index is 9.02. The fraction of sp³-hybridized carbons (Fsp3) is 0.417. The lowest BCUT2D eigenvalue weighted by Gasteiger charge is -2.17. The molecule has 1 aromatic carbocycles. The first kappa shape index (κ1) is 11.3. The van der Waals surface area contributed by atoms with Gasteiger partial charge in [0.05, 0.1) is 11.5 Å². The SMILES string of the molecule is CCc1cc(C(C)(C)C#N)ccc1Br. The van der Waals surface area contributed by atoms with Gasteiger partial charge in [0.1, 0.15) is 0 Å². The summed E-state index contributed by atoms with van der Waals surface area (Å²) >= 11 is 3.50. The van der Waals surface area contributed by atoms with Crippen molar-refractivity contribution in [3.63, 3.8) is 0 Å². The normalized spacial score (nSPS) is 11.1. The van der Waals surface area contributed by atoms with Crippen LogP contribution in [-0.4, -0.2) is 0 Å². The van der Waals surface area contributed by atoms with Crippen LogP contribution in [0.15, 0.2) is 22.7 Å². The summed E-state index contributed by atoms with van der Waals surface area (Å²) in [5, 5.41) is 9.02. The number of hydrogen-bond acceptors (Lipinski definition) is 1. The Morgan fingerprint density at radius 2 is 2.07 bits per heavy atom. The molecule has 0 saturated carbocycles. The van der Waals surface area contributed by atoms with Gasteiger partial charge in [-0.2, -0.15) is 5.26 Å². The second kappa shape index (κ2) is 4.14. The van der Waals surface area contributed by atoms with Gasteiger partial charge < -0.3 is 0 Å². The zero-order chi connectivity index (χ0) is 10.8. The highest BCUT2D eigenvalue weighted by Gasteiger charge is 2.20. The molecular formula is C12H14BrN. The predicted molar refractivity (Wildman–Crippen MR) is 62.2 cm³/mol. The molecule has 0 unspecified atom stereocenters. The number of nitrogens with zero attached hydrogens (tertiary/aromatic N) is 1. The molecule has 1 aromatic rings. The zero-order valence-electron chi connectivity index (χ0n) is 8.76. The van der Waals surface area contributed by atoms with Crippen molar-refractivity contribution in [2.75, 3.05) is 0 Å². The van der Waals surface area contributed by atoms with Gasteiger partial charge in [0.2, 0.25) is 0 Å². The van der Waals surface area contributed by atoms with E-state index in [-0.39, 0.29) is 0 Å². The van der Waals surface area contributed by atoms with Crippen LogP contribution in [0, 0.1) is 11.3 Å². The molecule has 0 spiro atoms. The average Bonchev–Trinajstić information content (AvgIpc) is 2.18. The maximum atomic E-state index is 9.02. The number of aryl methyl sites for hydroxylation is 1. The van der Waals surface area contributed by atoms with Gasteiger partial charge in [0, 0.05) is 4.47 Å². The third-order valence-corrected chi connectivity index (χ3v) is 3.20. The van der Waals surface area contributed by atoms with Crippen molar-refractivity contribution in [3.05, 3.63) is 33.8 Å². The number of nitriles is 1. The van der Waals surface area contributed by atoms with Crippen molar-refractivity contribution in [3.8, 4) is 6.07 Å². The second-order valence-corrected chi connectivity index (χ2v) is 4.75. The number of rotatable bonds is 2. The smallest absolute Gasteiger partial charge is 0.0766 e. The number of benzene rings is 1. The molecule has 0 atom stereocenters. The maximum Gasteiger partial charge on any atom is 0.0766 e. The first-order valence-electron chi connectivity index (χ1n) is 4.71. The van der Waals surface area contributed by atoms with Gasteiger partial charge in [-0.05, 0) is 37.5 Å². The van der Waals surface area contributed by atoms with Crippen LogP contribution in [-0.2, 0) is 11.8 Å². The number of hydrogen-bond donors (Lipinski definition) is 0. The van der Waals surface area contributed by atoms with Gasteiger partial charge in [-0.3, -0.25) is 0 Å². The molecule has 0 radical (unpaired) electrons. The van der Waals surface area contributed by atoms with Crippen LogP contribution in [0.1, 0.15) is 31.9 Å². The molecule has 74 valence electrons. The molecule has 0 fully saturated rings. The summed E-state index contributed by atoms with van der Waals surface area (Å²) in [4.78, 5) is 0. The Balaban J connectivity index is 3.21. The van der Waals surface area contributed by atoms with Crippen LogP contribution in [0.3, 0.4) is 0 Å². The van der Waals surface area contributed by atoms with Crippen molar-refractivity contribution in [1.29, 1.82) is 5.26 Å². The van der Waals surface area contributed by atoms with E-state index >= 15 is 0 Å². The Morgan fingerprint density at radius 3 is 2.57 bits per heavy atom. The van der Waals surface area contributed by atoms with E-state index in [1.807, 2.05) is 26.0 Å². The molecule has 1 nitrogen and oxygen atoms in total. The quantitative estimate of drug-likeness (QED) is 0.785. The molecule has 0 aromatic heterocycles. The van der Waals surface area contributed by atoms with Crippen LogP contribution in [0.4, 0.5) is 0 Å². The molecule has 14 heavy (non-hydrogen) atoms.